The molecule has 6 heteroatoms. The molecular weight excluding hydrogens is 358 g/mol. The summed E-state index contributed by atoms with van der Waals surface area (Å²) in [6.07, 6.45) is 8.51. The predicted molar refractivity (Wildman–Crippen MR) is 113 cm³/mol. The summed E-state index contributed by atoms with van der Waals surface area (Å²) in [4.78, 5) is 22.4. The van der Waals surface area contributed by atoms with Gasteiger partial charge in [-0.3, -0.25) is 4.79 Å². The third-order valence-corrected chi connectivity index (χ3v) is 4.94. The normalized spacial score (nSPS) is 12.5. The average Bonchev–Trinajstić information content (AvgIpc) is 2.68. The number of amides is 1. The summed E-state index contributed by atoms with van der Waals surface area (Å²) in [7, 11) is 0. The second kappa shape index (κ2) is 9.92. The van der Waals surface area contributed by atoms with Crippen molar-refractivity contribution in [3.8, 4) is 5.75 Å². The maximum Gasteiger partial charge on any atom is 0.228 e. The standard InChI is InChI=1S/C21H25N3O2S/c1-5-7-18(27-4)19-20(24-21(26)14(3)6-2)22-13-16(23-19)12-15-8-10-17(25)11-9-15/h5,7-11,13-14,25H,1,6,12H2,2-4H3,(H,22,24,26)/b18-7-. The summed E-state index contributed by atoms with van der Waals surface area (Å²) in [5.41, 5.74) is 2.43. The first-order chi connectivity index (χ1) is 13.0. The second-order valence-electron chi connectivity index (χ2n) is 6.17. The number of hydrogen-bond donors (Lipinski definition) is 2. The van der Waals surface area contributed by atoms with Crippen LogP contribution in [0.4, 0.5) is 5.82 Å². The number of carbonyl (C=O) groups excluding carboxylic acids is 1. The molecule has 5 nitrogen and oxygen atoms in total. The van der Waals surface area contributed by atoms with Crippen molar-refractivity contribution >= 4 is 28.4 Å². The van der Waals surface area contributed by atoms with Crippen LogP contribution >= 0.6 is 11.8 Å². The highest BCUT2D eigenvalue weighted by molar-refractivity contribution is 8.07. The van der Waals surface area contributed by atoms with Crippen LogP contribution < -0.4 is 5.32 Å². The number of rotatable bonds is 8. The number of hydrogen-bond acceptors (Lipinski definition) is 5. The van der Waals surface area contributed by atoms with Crippen molar-refractivity contribution in [1.29, 1.82) is 0 Å². The zero-order chi connectivity index (χ0) is 19.8. The van der Waals surface area contributed by atoms with E-state index in [4.69, 9.17) is 4.98 Å². The number of allylic oxidation sites excluding steroid dienone is 2. The molecule has 2 rings (SSSR count). The molecule has 0 aliphatic rings. The lowest BCUT2D eigenvalue weighted by molar-refractivity contribution is -0.119. The number of thioether (sulfide) groups is 1. The molecule has 1 amide bonds. The first-order valence-corrected chi connectivity index (χ1v) is 10.0. The second-order valence-corrected chi connectivity index (χ2v) is 7.02. The van der Waals surface area contributed by atoms with E-state index in [0.29, 0.717) is 17.9 Å². The molecule has 1 unspecified atom stereocenters. The van der Waals surface area contributed by atoms with E-state index in [9.17, 15) is 9.90 Å². The highest BCUT2D eigenvalue weighted by Gasteiger charge is 2.17. The van der Waals surface area contributed by atoms with Gasteiger partial charge >= 0.3 is 0 Å². The minimum atomic E-state index is -0.0996. The predicted octanol–water partition coefficient (Wildman–Crippen LogP) is 4.65. The van der Waals surface area contributed by atoms with Crippen LogP contribution in [0.2, 0.25) is 0 Å². The van der Waals surface area contributed by atoms with Crippen LogP contribution in [0.5, 0.6) is 5.75 Å². The molecule has 1 aromatic carbocycles. The minimum absolute atomic E-state index is 0.0709. The molecule has 0 bridgehead atoms. The van der Waals surface area contributed by atoms with E-state index in [1.54, 1.807) is 24.4 Å². The number of carbonyl (C=O) groups is 1. The van der Waals surface area contributed by atoms with Crippen LogP contribution in [0.15, 0.2) is 49.2 Å². The topological polar surface area (TPSA) is 75.1 Å². The average molecular weight is 384 g/mol. The Bertz CT molecular complexity index is 832. The molecule has 0 saturated carbocycles. The molecule has 1 aromatic heterocycles. The number of anilines is 1. The Morgan fingerprint density at radius 3 is 2.67 bits per heavy atom. The summed E-state index contributed by atoms with van der Waals surface area (Å²) in [5.74, 6) is 0.514. The maximum absolute atomic E-state index is 12.3. The molecule has 0 fully saturated rings. The van der Waals surface area contributed by atoms with Crippen molar-refractivity contribution in [3.05, 3.63) is 66.1 Å². The molecule has 2 aromatic rings. The van der Waals surface area contributed by atoms with Gasteiger partial charge in [0.05, 0.1) is 11.9 Å². The number of phenolic OH excluding ortho intramolecular Hbond substituents is 1. The van der Waals surface area contributed by atoms with Gasteiger partial charge in [-0.15, -0.1) is 11.8 Å². The lowest BCUT2D eigenvalue weighted by Gasteiger charge is -2.14. The molecule has 1 heterocycles. The SMILES string of the molecule is C=C/C=C(\SC)c1nc(Cc2ccc(O)cc2)cnc1NC(=O)C(C)CC. The zero-order valence-electron chi connectivity index (χ0n) is 15.9. The van der Waals surface area contributed by atoms with Crippen molar-refractivity contribution in [3.63, 3.8) is 0 Å². The van der Waals surface area contributed by atoms with Gasteiger partial charge < -0.3 is 10.4 Å². The van der Waals surface area contributed by atoms with Crippen molar-refractivity contribution in [2.75, 3.05) is 11.6 Å². The van der Waals surface area contributed by atoms with Crippen molar-refractivity contribution in [1.82, 2.24) is 9.97 Å². The van der Waals surface area contributed by atoms with E-state index in [1.807, 2.05) is 38.3 Å². The molecule has 1 atom stereocenters. The number of aromatic hydroxyl groups is 1. The lowest BCUT2D eigenvalue weighted by atomic mass is 10.1. The Kier molecular flexibility index (Phi) is 7.61. The van der Waals surface area contributed by atoms with Gasteiger partial charge in [-0.05, 0) is 36.4 Å². The Labute approximate surface area is 164 Å². The maximum atomic E-state index is 12.3. The van der Waals surface area contributed by atoms with Gasteiger partial charge in [0.15, 0.2) is 5.82 Å². The number of benzene rings is 1. The summed E-state index contributed by atoms with van der Waals surface area (Å²) in [5, 5.41) is 12.3. The van der Waals surface area contributed by atoms with Crippen LogP contribution in [-0.2, 0) is 11.2 Å². The Morgan fingerprint density at radius 1 is 1.37 bits per heavy atom. The summed E-state index contributed by atoms with van der Waals surface area (Å²) in [6.45, 7) is 7.62. The Morgan fingerprint density at radius 2 is 2.07 bits per heavy atom. The van der Waals surface area contributed by atoms with Gasteiger partial charge in [-0.25, -0.2) is 9.97 Å². The number of nitrogens with one attached hydrogen (secondary N) is 1. The monoisotopic (exact) mass is 383 g/mol. The van der Waals surface area contributed by atoms with Crippen LogP contribution in [0.3, 0.4) is 0 Å². The van der Waals surface area contributed by atoms with Gasteiger partial charge in [0, 0.05) is 17.2 Å². The van der Waals surface area contributed by atoms with Crippen LogP contribution in [-0.4, -0.2) is 27.2 Å². The zero-order valence-corrected chi connectivity index (χ0v) is 16.7. The van der Waals surface area contributed by atoms with Crippen molar-refractivity contribution in [2.24, 2.45) is 5.92 Å². The van der Waals surface area contributed by atoms with Gasteiger partial charge in [0.1, 0.15) is 11.4 Å². The van der Waals surface area contributed by atoms with E-state index < -0.39 is 0 Å². The fourth-order valence-corrected chi connectivity index (χ4v) is 2.94. The lowest BCUT2D eigenvalue weighted by Crippen LogP contribution is -2.21. The fourth-order valence-electron chi connectivity index (χ4n) is 2.37. The molecule has 0 aliphatic carbocycles. The third-order valence-electron chi connectivity index (χ3n) is 4.17. The number of aromatic nitrogens is 2. The fraction of sp³-hybridized carbons (Fsp3) is 0.286. The third kappa shape index (κ3) is 5.69. The number of phenols is 1. The van der Waals surface area contributed by atoms with Gasteiger partial charge in [0.25, 0.3) is 0 Å². The molecule has 27 heavy (non-hydrogen) atoms. The van der Waals surface area contributed by atoms with Crippen molar-refractivity contribution in [2.45, 2.75) is 26.7 Å². The van der Waals surface area contributed by atoms with E-state index in [2.05, 4.69) is 16.9 Å². The van der Waals surface area contributed by atoms with E-state index in [0.717, 1.165) is 22.6 Å². The quantitative estimate of drug-likeness (QED) is 0.649. The molecule has 0 radical (unpaired) electrons. The summed E-state index contributed by atoms with van der Waals surface area (Å²) in [6, 6.07) is 7.00. The van der Waals surface area contributed by atoms with Crippen LogP contribution in [0, 0.1) is 5.92 Å². The Hall–Kier alpha value is -2.60. The van der Waals surface area contributed by atoms with Gasteiger partial charge in [0.2, 0.25) is 5.91 Å². The van der Waals surface area contributed by atoms with E-state index >= 15 is 0 Å². The highest BCUT2D eigenvalue weighted by Crippen LogP contribution is 2.29. The minimum Gasteiger partial charge on any atom is -0.508 e. The first-order valence-electron chi connectivity index (χ1n) is 8.80. The largest absolute Gasteiger partial charge is 0.508 e. The highest BCUT2D eigenvalue weighted by atomic mass is 32.2. The number of nitrogens with zero attached hydrogens (tertiary/aromatic N) is 2. The van der Waals surface area contributed by atoms with E-state index in [1.165, 1.54) is 11.8 Å². The van der Waals surface area contributed by atoms with Crippen LogP contribution in [0.25, 0.3) is 4.91 Å². The summed E-state index contributed by atoms with van der Waals surface area (Å²) >= 11 is 1.52. The molecule has 0 spiro atoms. The smallest absolute Gasteiger partial charge is 0.228 e. The summed E-state index contributed by atoms with van der Waals surface area (Å²) < 4.78 is 0. The molecular formula is C21H25N3O2S. The molecule has 142 valence electrons. The van der Waals surface area contributed by atoms with Gasteiger partial charge in [-0.1, -0.05) is 38.6 Å². The van der Waals surface area contributed by atoms with Crippen molar-refractivity contribution < 1.29 is 9.90 Å². The van der Waals surface area contributed by atoms with Crippen LogP contribution in [0.1, 0.15) is 37.2 Å². The Balaban J connectivity index is 2.39. The van der Waals surface area contributed by atoms with E-state index in [-0.39, 0.29) is 17.6 Å². The molecule has 0 saturated heterocycles. The first kappa shape index (κ1) is 20.7. The van der Waals surface area contributed by atoms with Gasteiger partial charge in [-0.2, -0.15) is 0 Å². The molecule has 0 aliphatic heterocycles. The molecule has 2 N–H and O–H groups in total.